The van der Waals surface area contributed by atoms with E-state index in [4.69, 9.17) is 20.8 Å². The van der Waals surface area contributed by atoms with Crippen molar-refractivity contribution >= 4 is 35.2 Å². The number of carboxylic acid groups (broad SMARTS) is 1. The Kier molecular flexibility index (Phi) is 5.64. The predicted octanol–water partition coefficient (Wildman–Crippen LogP) is 3.55. The first-order chi connectivity index (χ1) is 14.1. The number of nitrogens with zero attached hydrogens (tertiary/aromatic N) is 2. The fourth-order valence-electron chi connectivity index (χ4n) is 3.12. The number of furan rings is 1. The smallest absolute Gasteiger partial charge is 0.145 e. The molecule has 1 aliphatic rings. The number of benzene rings is 2. The molecule has 0 radical (unpaired) electrons. The van der Waals surface area contributed by atoms with Crippen LogP contribution in [0.15, 0.2) is 64.0 Å². The number of halogens is 1. The molecule has 2 aromatic carbocycles. The molecule has 2 heterocycles. The predicted molar refractivity (Wildman–Crippen MR) is 110 cm³/mol. The van der Waals surface area contributed by atoms with Crippen molar-refractivity contribution in [3.05, 3.63) is 70.9 Å². The van der Waals surface area contributed by atoms with Crippen LogP contribution in [0.1, 0.15) is 16.1 Å². The molecule has 7 heteroatoms. The van der Waals surface area contributed by atoms with Gasteiger partial charge in [-0.3, -0.25) is 4.99 Å². The number of carbonyl (C=O) groups is 1. The lowest BCUT2D eigenvalue weighted by molar-refractivity contribution is -0.255. The number of ether oxygens (including phenoxy) is 1. The summed E-state index contributed by atoms with van der Waals surface area (Å²) in [6.45, 7) is 3.29. The fourth-order valence-corrected chi connectivity index (χ4v) is 3.38. The van der Waals surface area contributed by atoms with E-state index in [1.807, 2.05) is 24.3 Å². The van der Waals surface area contributed by atoms with E-state index >= 15 is 0 Å². The molecule has 0 N–H and O–H groups in total. The van der Waals surface area contributed by atoms with E-state index in [0.717, 1.165) is 37.7 Å². The highest BCUT2D eigenvalue weighted by Gasteiger charge is 2.11. The van der Waals surface area contributed by atoms with E-state index in [-0.39, 0.29) is 10.6 Å². The van der Waals surface area contributed by atoms with Crippen LogP contribution in [-0.4, -0.2) is 38.5 Å². The Balaban J connectivity index is 1.45. The van der Waals surface area contributed by atoms with Crippen LogP contribution in [0, 0.1) is 0 Å². The van der Waals surface area contributed by atoms with Crippen LogP contribution in [0.5, 0.6) is 0 Å². The van der Waals surface area contributed by atoms with E-state index in [1.165, 1.54) is 12.1 Å². The standard InChI is InChI=1S/C22H19ClN2O4/c23-20-13-15(1-7-19(20)22(26)27)21-8-6-18(29-21)14-24-16-2-4-17(5-3-16)25-9-11-28-12-10-25/h1-8,13-14H,9-12H2,(H,26,27)/p-1. The van der Waals surface area contributed by atoms with Crippen LogP contribution in [0.2, 0.25) is 5.02 Å². The zero-order chi connectivity index (χ0) is 20.2. The summed E-state index contributed by atoms with van der Waals surface area (Å²) < 4.78 is 11.1. The van der Waals surface area contributed by atoms with Crippen LogP contribution in [-0.2, 0) is 4.74 Å². The quantitative estimate of drug-likeness (QED) is 0.602. The molecule has 1 saturated heterocycles. The number of aliphatic imine (C=N–C) groups is 1. The topological polar surface area (TPSA) is 78.1 Å². The Labute approximate surface area is 173 Å². The van der Waals surface area contributed by atoms with Crippen molar-refractivity contribution in [2.75, 3.05) is 31.2 Å². The van der Waals surface area contributed by atoms with Crippen molar-refractivity contribution in [2.45, 2.75) is 0 Å². The molecule has 148 valence electrons. The van der Waals surface area contributed by atoms with Crippen LogP contribution in [0.25, 0.3) is 11.3 Å². The first-order valence-corrected chi connectivity index (χ1v) is 9.56. The summed E-state index contributed by atoms with van der Waals surface area (Å²) in [5.41, 5.74) is 2.60. The molecule has 1 aliphatic heterocycles. The number of carbonyl (C=O) groups excluding carboxylic acids is 1. The number of hydrogen-bond donors (Lipinski definition) is 0. The maximum absolute atomic E-state index is 11.0. The summed E-state index contributed by atoms with van der Waals surface area (Å²) in [4.78, 5) is 17.7. The van der Waals surface area contributed by atoms with Gasteiger partial charge in [0.2, 0.25) is 0 Å². The van der Waals surface area contributed by atoms with Gasteiger partial charge in [-0.2, -0.15) is 0 Å². The SMILES string of the molecule is O=C([O-])c1ccc(-c2ccc(C=Nc3ccc(N4CCOCC4)cc3)o2)cc1Cl. The average molecular weight is 410 g/mol. The van der Waals surface area contributed by atoms with Gasteiger partial charge < -0.3 is 24.0 Å². The number of aromatic carboxylic acids is 1. The molecule has 6 nitrogen and oxygen atoms in total. The third-order valence-corrected chi connectivity index (χ3v) is 4.98. The Morgan fingerprint density at radius 1 is 1.07 bits per heavy atom. The van der Waals surface area contributed by atoms with Crippen molar-refractivity contribution in [2.24, 2.45) is 4.99 Å². The minimum atomic E-state index is -1.31. The second kappa shape index (κ2) is 8.51. The fraction of sp³-hybridized carbons (Fsp3) is 0.182. The van der Waals surface area contributed by atoms with Gasteiger partial charge >= 0.3 is 0 Å². The third kappa shape index (κ3) is 4.50. The zero-order valence-corrected chi connectivity index (χ0v) is 16.3. The Morgan fingerprint density at radius 2 is 1.83 bits per heavy atom. The summed E-state index contributed by atoms with van der Waals surface area (Å²) >= 11 is 5.99. The molecule has 0 amide bonds. The molecular formula is C22H18ClN2O4-. The lowest BCUT2D eigenvalue weighted by atomic mass is 10.1. The van der Waals surface area contributed by atoms with Crippen LogP contribution >= 0.6 is 11.6 Å². The monoisotopic (exact) mass is 409 g/mol. The van der Waals surface area contributed by atoms with Gasteiger partial charge in [0, 0.05) is 29.9 Å². The Hall–Kier alpha value is -3.09. The highest BCUT2D eigenvalue weighted by Crippen LogP contribution is 2.27. The molecule has 0 atom stereocenters. The van der Waals surface area contributed by atoms with Gasteiger partial charge in [-0.25, -0.2) is 0 Å². The normalized spacial score (nSPS) is 14.4. The van der Waals surface area contributed by atoms with Gasteiger partial charge in [-0.15, -0.1) is 0 Å². The first-order valence-electron chi connectivity index (χ1n) is 9.18. The minimum Gasteiger partial charge on any atom is -0.545 e. The molecule has 3 aromatic rings. The van der Waals surface area contributed by atoms with Gasteiger partial charge in [0.15, 0.2) is 0 Å². The van der Waals surface area contributed by atoms with E-state index in [9.17, 15) is 9.90 Å². The number of rotatable bonds is 5. The zero-order valence-electron chi connectivity index (χ0n) is 15.5. The minimum absolute atomic E-state index is 0.0516. The van der Waals surface area contributed by atoms with E-state index < -0.39 is 5.97 Å². The third-order valence-electron chi connectivity index (χ3n) is 4.67. The van der Waals surface area contributed by atoms with Crippen LogP contribution in [0.4, 0.5) is 11.4 Å². The van der Waals surface area contributed by atoms with Crippen molar-refractivity contribution in [1.82, 2.24) is 0 Å². The molecule has 1 aromatic heterocycles. The summed E-state index contributed by atoms with van der Waals surface area (Å²) in [7, 11) is 0. The van der Waals surface area contributed by atoms with Crippen molar-refractivity contribution in [3.63, 3.8) is 0 Å². The summed E-state index contributed by atoms with van der Waals surface area (Å²) in [5.74, 6) is -0.160. The summed E-state index contributed by atoms with van der Waals surface area (Å²) in [6, 6.07) is 16.2. The molecule has 0 spiro atoms. The van der Waals surface area contributed by atoms with E-state index in [0.29, 0.717) is 17.1 Å². The molecule has 1 fully saturated rings. The molecule has 0 aliphatic carbocycles. The van der Waals surface area contributed by atoms with Crippen LogP contribution in [0.3, 0.4) is 0 Å². The largest absolute Gasteiger partial charge is 0.545 e. The highest BCUT2D eigenvalue weighted by molar-refractivity contribution is 6.33. The Bertz CT molecular complexity index is 1040. The number of carboxylic acids is 1. The second-order valence-electron chi connectivity index (χ2n) is 6.56. The van der Waals surface area contributed by atoms with Gasteiger partial charge in [0.05, 0.1) is 36.1 Å². The van der Waals surface area contributed by atoms with E-state index in [1.54, 1.807) is 24.4 Å². The number of anilines is 1. The first kappa shape index (κ1) is 19.2. The van der Waals surface area contributed by atoms with Crippen molar-refractivity contribution in [1.29, 1.82) is 0 Å². The van der Waals surface area contributed by atoms with Gasteiger partial charge in [0.25, 0.3) is 0 Å². The van der Waals surface area contributed by atoms with Gasteiger partial charge in [-0.05, 0) is 42.5 Å². The lowest BCUT2D eigenvalue weighted by Gasteiger charge is -2.28. The van der Waals surface area contributed by atoms with Gasteiger partial charge in [-0.1, -0.05) is 23.7 Å². The second-order valence-corrected chi connectivity index (χ2v) is 6.97. The van der Waals surface area contributed by atoms with Crippen molar-refractivity contribution in [3.8, 4) is 11.3 Å². The number of hydrogen-bond acceptors (Lipinski definition) is 6. The summed E-state index contributed by atoms with van der Waals surface area (Å²) in [5, 5.41) is 11.1. The summed E-state index contributed by atoms with van der Waals surface area (Å²) in [6.07, 6.45) is 1.64. The average Bonchev–Trinajstić information content (AvgIpc) is 3.22. The lowest BCUT2D eigenvalue weighted by Crippen LogP contribution is -2.36. The molecule has 29 heavy (non-hydrogen) atoms. The molecule has 4 rings (SSSR count). The van der Waals surface area contributed by atoms with Gasteiger partial charge in [0.1, 0.15) is 11.5 Å². The molecule has 0 unspecified atom stereocenters. The Morgan fingerprint density at radius 3 is 2.52 bits per heavy atom. The maximum Gasteiger partial charge on any atom is 0.145 e. The maximum atomic E-state index is 11.0. The number of morpholine rings is 1. The molecule has 0 bridgehead atoms. The molecule has 0 saturated carbocycles. The van der Waals surface area contributed by atoms with E-state index in [2.05, 4.69) is 9.89 Å². The highest BCUT2D eigenvalue weighted by atomic mass is 35.5. The van der Waals surface area contributed by atoms with Crippen molar-refractivity contribution < 1.29 is 19.1 Å². The molecular weight excluding hydrogens is 392 g/mol. The van der Waals surface area contributed by atoms with Crippen LogP contribution < -0.4 is 10.0 Å².